The Kier molecular flexibility index (Phi) is 3.79. The molecule has 0 aromatic heterocycles. The van der Waals surface area contributed by atoms with E-state index in [0.717, 1.165) is 13.3 Å². The summed E-state index contributed by atoms with van der Waals surface area (Å²) in [5, 5.41) is 9.49. The van der Waals surface area contributed by atoms with E-state index in [4.69, 9.17) is 4.74 Å². The SMILES string of the molecule is COC(=O)[C@H]1CC12CCN(C[C@@](C)(O)C(F)(F)F)CC2. The molecule has 1 heterocycles. The minimum absolute atomic E-state index is 0.0757. The number of aliphatic hydroxyl groups is 1. The number of rotatable bonds is 3. The van der Waals surface area contributed by atoms with Gasteiger partial charge in [-0.1, -0.05) is 0 Å². The average molecular weight is 295 g/mol. The third-order valence-corrected chi connectivity index (χ3v) is 4.67. The van der Waals surface area contributed by atoms with Gasteiger partial charge in [-0.05, 0) is 44.7 Å². The number of esters is 1. The zero-order valence-corrected chi connectivity index (χ0v) is 11.7. The third-order valence-electron chi connectivity index (χ3n) is 4.67. The van der Waals surface area contributed by atoms with Crippen molar-refractivity contribution in [2.24, 2.45) is 11.3 Å². The predicted molar refractivity (Wildman–Crippen MR) is 64.9 cm³/mol. The normalized spacial score (nSPS) is 29.0. The Morgan fingerprint density at radius 2 is 1.95 bits per heavy atom. The first kappa shape index (κ1) is 15.6. The number of alkyl halides is 3. The Morgan fingerprint density at radius 3 is 2.40 bits per heavy atom. The number of β-amino-alcohol motifs (C(OH)–C–C–N with tert-alkyl or cyclic N) is 1. The van der Waals surface area contributed by atoms with Gasteiger partial charge in [0.1, 0.15) is 0 Å². The first-order valence-corrected chi connectivity index (χ1v) is 6.71. The highest BCUT2D eigenvalue weighted by molar-refractivity contribution is 5.76. The number of carbonyl (C=O) groups is 1. The van der Waals surface area contributed by atoms with E-state index in [1.54, 1.807) is 4.90 Å². The fraction of sp³-hybridized carbons (Fsp3) is 0.923. The predicted octanol–water partition coefficient (Wildman–Crippen LogP) is 1.57. The molecule has 7 heteroatoms. The zero-order chi connectivity index (χ0) is 15.2. The molecule has 20 heavy (non-hydrogen) atoms. The standard InChI is InChI=1S/C13H20F3NO3/c1-11(19,13(14,15)16)8-17-5-3-12(4-6-17)7-9(12)10(18)20-2/h9,19H,3-8H2,1-2H3/t9-,11-/m1/s1. The summed E-state index contributed by atoms with van der Waals surface area (Å²) in [6, 6.07) is 0. The van der Waals surface area contributed by atoms with Crippen LogP contribution in [0.2, 0.25) is 0 Å². The van der Waals surface area contributed by atoms with Crippen LogP contribution in [0.15, 0.2) is 0 Å². The summed E-state index contributed by atoms with van der Waals surface area (Å²) in [6.45, 7) is 1.32. The van der Waals surface area contributed by atoms with E-state index in [0.29, 0.717) is 25.9 Å². The van der Waals surface area contributed by atoms with Crippen LogP contribution >= 0.6 is 0 Å². The maximum Gasteiger partial charge on any atom is 0.418 e. The number of piperidine rings is 1. The number of hydrogen-bond donors (Lipinski definition) is 1. The molecular formula is C13H20F3NO3. The molecular weight excluding hydrogens is 275 g/mol. The van der Waals surface area contributed by atoms with Crippen LogP contribution in [0.5, 0.6) is 0 Å². The summed E-state index contributed by atoms with van der Waals surface area (Å²) in [6.07, 6.45) is -2.50. The summed E-state index contributed by atoms with van der Waals surface area (Å²) >= 11 is 0. The number of nitrogens with zero attached hydrogens (tertiary/aromatic N) is 1. The van der Waals surface area contributed by atoms with Gasteiger partial charge >= 0.3 is 12.1 Å². The Morgan fingerprint density at radius 1 is 1.40 bits per heavy atom. The summed E-state index contributed by atoms with van der Waals surface area (Å²) < 4.78 is 42.6. The number of ether oxygens (including phenoxy) is 1. The van der Waals surface area contributed by atoms with E-state index in [1.165, 1.54) is 7.11 Å². The lowest BCUT2D eigenvalue weighted by Crippen LogP contribution is -2.53. The van der Waals surface area contributed by atoms with Crippen molar-refractivity contribution in [1.82, 2.24) is 4.90 Å². The first-order valence-electron chi connectivity index (χ1n) is 6.71. The zero-order valence-electron chi connectivity index (χ0n) is 11.7. The second kappa shape index (κ2) is 4.87. The van der Waals surface area contributed by atoms with Gasteiger partial charge in [-0.15, -0.1) is 0 Å². The molecule has 0 unspecified atom stereocenters. The van der Waals surface area contributed by atoms with Gasteiger partial charge in [-0.3, -0.25) is 4.79 Å². The summed E-state index contributed by atoms with van der Waals surface area (Å²) in [5.41, 5.74) is -2.77. The van der Waals surface area contributed by atoms with Crippen LogP contribution in [0.1, 0.15) is 26.2 Å². The van der Waals surface area contributed by atoms with Gasteiger partial charge in [-0.2, -0.15) is 13.2 Å². The van der Waals surface area contributed by atoms with Gasteiger partial charge in [0.15, 0.2) is 5.60 Å². The molecule has 2 fully saturated rings. The molecule has 1 saturated heterocycles. The van der Waals surface area contributed by atoms with Crippen LogP contribution in [0, 0.1) is 11.3 Å². The smallest absolute Gasteiger partial charge is 0.418 e. The lowest BCUT2D eigenvalue weighted by Gasteiger charge is -2.37. The van der Waals surface area contributed by atoms with Crippen molar-refractivity contribution in [3.8, 4) is 0 Å². The lowest BCUT2D eigenvalue weighted by molar-refractivity contribution is -0.258. The average Bonchev–Trinajstić information content (AvgIpc) is 3.04. The second-order valence-electron chi connectivity index (χ2n) is 6.19. The van der Waals surface area contributed by atoms with E-state index in [-0.39, 0.29) is 17.3 Å². The largest absolute Gasteiger partial charge is 0.469 e. The van der Waals surface area contributed by atoms with E-state index < -0.39 is 18.3 Å². The summed E-state index contributed by atoms with van der Waals surface area (Å²) in [5.74, 6) is -0.321. The molecule has 2 rings (SSSR count). The number of methoxy groups -OCH3 is 1. The van der Waals surface area contributed by atoms with Crippen LogP contribution in [0.3, 0.4) is 0 Å². The van der Waals surface area contributed by atoms with Gasteiger partial charge in [0.2, 0.25) is 0 Å². The second-order valence-corrected chi connectivity index (χ2v) is 6.19. The van der Waals surface area contributed by atoms with Crippen molar-refractivity contribution >= 4 is 5.97 Å². The Labute approximate surface area is 115 Å². The molecule has 1 N–H and O–H groups in total. The Bertz CT molecular complexity index is 387. The molecule has 2 aliphatic rings. The topological polar surface area (TPSA) is 49.8 Å². The number of likely N-dealkylation sites (tertiary alicyclic amines) is 1. The van der Waals surface area contributed by atoms with Crippen LogP contribution in [0.25, 0.3) is 0 Å². The molecule has 1 aliphatic heterocycles. The third kappa shape index (κ3) is 2.79. The van der Waals surface area contributed by atoms with Crippen molar-refractivity contribution in [1.29, 1.82) is 0 Å². The van der Waals surface area contributed by atoms with E-state index in [1.807, 2.05) is 0 Å². The van der Waals surface area contributed by atoms with Crippen LogP contribution < -0.4 is 0 Å². The van der Waals surface area contributed by atoms with Crippen molar-refractivity contribution in [3.05, 3.63) is 0 Å². The number of halogens is 3. The van der Waals surface area contributed by atoms with E-state index in [9.17, 15) is 23.1 Å². The quantitative estimate of drug-likeness (QED) is 0.803. The maximum absolute atomic E-state index is 12.6. The van der Waals surface area contributed by atoms with Gasteiger partial charge in [0, 0.05) is 6.54 Å². The van der Waals surface area contributed by atoms with Gasteiger partial charge in [-0.25, -0.2) is 0 Å². The van der Waals surface area contributed by atoms with Gasteiger partial charge in [0.25, 0.3) is 0 Å². The lowest BCUT2D eigenvalue weighted by atomic mass is 9.90. The number of hydrogen-bond acceptors (Lipinski definition) is 4. The molecule has 4 nitrogen and oxygen atoms in total. The highest BCUT2D eigenvalue weighted by Gasteiger charge is 2.60. The number of carbonyl (C=O) groups excluding carboxylic acids is 1. The van der Waals surface area contributed by atoms with Crippen molar-refractivity contribution in [3.63, 3.8) is 0 Å². The minimum Gasteiger partial charge on any atom is -0.469 e. The molecule has 1 aliphatic carbocycles. The molecule has 116 valence electrons. The molecule has 0 bridgehead atoms. The van der Waals surface area contributed by atoms with Crippen LogP contribution in [0.4, 0.5) is 13.2 Å². The first-order chi connectivity index (χ1) is 9.11. The van der Waals surface area contributed by atoms with E-state index in [2.05, 4.69) is 0 Å². The van der Waals surface area contributed by atoms with Crippen LogP contribution in [-0.2, 0) is 9.53 Å². The summed E-state index contributed by atoms with van der Waals surface area (Å²) in [7, 11) is 1.35. The fourth-order valence-electron chi connectivity index (χ4n) is 3.06. The highest BCUT2D eigenvalue weighted by atomic mass is 19.4. The van der Waals surface area contributed by atoms with Crippen molar-refractivity contribution < 1.29 is 27.8 Å². The van der Waals surface area contributed by atoms with Crippen molar-refractivity contribution in [2.75, 3.05) is 26.7 Å². The molecule has 0 aromatic rings. The molecule has 0 amide bonds. The molecule has 1 saturated carbocycles. The molecule has 0 radical (unpaired) electrons. The van der Waals surface area contributed by atoms with E-state index >= 15 is 0 Å². The summed E-state index contributed by atoms with van der Waals surface area (Å²) in [4.78, 5) is 13.1. The Hall–Kier alpha value is -0.820. The molecule has 1 spiro atoms. The molecule has 2 atom stereocenters. The monoisotopic (exact) mass is 295 g/mol. The van der Waals surface area contributed by atoms with Crippen LogP contribution in [-0.4, -0.2) is 54.5 Å². The minimum atomic E-state index is -4.63. The van der Waals surface area contributed by atoms with Gasteiger partial charge in [0.05, 0.1) is 13.0 Å². The fourth-order valence-corrected chi connectivity index (χ4v) is 3.06. The van der Waals surface area contributed by atoms with Gasteiger partial charge < -0.3 is 14.7 Å². The van der Waals surface area contributed by atoms with Crippen molar-refractivity contribution in [2.45, 2.75) is 38.0 Å². The molecule has 0 aromatic carbocycles. The Balaban J connectivity index is 1.86. The highest BCUT2D eigenvalue weighted by Crippen LogP contribution is 2.59. The maximum atomic E-state index is 12.6.